The van der Waals surface area contributed by atoms with E-state index in [1.165, 1.54) is 24.4 Å². The molecule has 0 spiro atoms. The van der Waals surface area contributed by atoms with Gasteiger partial charge < -0.3 is 20.3 Å². The highest BCUT2D eigenvalue weighted by molar-refractivity contribution is 6.31. The molecule has 3 N–H and O–H groups in total. The standard InChI is InChI=1S/C12H10ClN3O4/c13-8-3-7(11(17)18)4-9(5-8)16-12(19)14-6-10-1-2-15-20-10/h1-5H,6H2,(H,17,18)(H2,14,16,19). The number of carboxylic acids is 1. The number of carbonyl (C=O) groups is 2. The Bertz CT molecular complexity index is 628. The van der Waals surface area contributed by atoms with Gasteiger partial charge in [-0.25, -0.2) is 9.59 Å². The molecule has 0 saturated carbocycles. The van der Waals surface area contributed by atoms with E-state index in [9.17, 15) is 9.59 Å². The van der Waals surface area contributed by atoms with E-state index >= 15 is 0 Å². The highest BCUT2D eigenvalue weighted by atomic mass is 35.5. The third-order valence-electron chi connectivity index (χ3n) is 2.32. The number of rotatable bonds is 4. The van der Waals surface area contributed by atoms with Crippen molar-refractivity contribution in [1.29, 1.82) is 0 Å². The Balaban J connectivity index is 1.98. The number of nitrogens with zero attached hydrogens (tertiary/aromatic N) is 1. The molecule has 0 saturated heterocycles. The molecule has 0 fully saturated rings. The maximum Gasteiger partial charge on any atom is 0.335 e. The predicted molar refractivity (Wildman–Crippen MR) is 70.8 cm³/mol. The summed E-state index contributed by atoms with van der Waals surface area (Å²) in [6.07, 6.45) is 1.46. The van der Waals surface area contributed by atoms with Gasteiger partial charge in [0.05, 0.1) is 18.3 Å². The van der Waals surface area contributed by atoms with Crippen molar-refractivity contribution in [3.8, 4) is 0 Å². The molecule has 104 valence electrons. The highest BCUT2D eigenvalue weighted by Crippen LogP contribution is 2.19. The van der Waals surface area contributed by atoms with Crippen LogP contribution < -0.4 is 10.6 Å². The summed E-state index contributed by atoms with van der Waals surface area (Å²) >= 11 is 5.78. The summed E-state index contributed by atoms with van der Waals surface area (Å²) in [5.74, 6) is -0.630. The van der Waals surface area contributed by atoms with Gasteiger partial charge in [-0.05, 0) is 18.2 Å². The molecule has 0 atom stereocenters. The van der Waals surface area contributed by atoms with Crippen molar-refractivity contribution in [3.05, 3.63) is 46.8 Å². The minimum Gasteiger partial charge on any atom is -0.478 e. The SMILES string of the molecule is O=C(NCc1ccno1)Nc1cc(Cl)cc(C(=O)O)c1. The summed E-state index contributed by atoms with van der Waals surface area (Å²) in [5, 5.41) is 17.6. The van der Waals surface area contributed by atoms with Crippen molar-refractivity contribution in [2.24, 2.45) is 0 Å². The summed E-state index contributed by atoms with van der Waals surface area (Å²) in [4.78, 5) is 22.5. The van der Waals surface area contributed by atoms with Crippen molar-refractivity contribution in [2.45, 2.75) is 6.54 Å². The second-order valence-corrected chi connectivity index (χ2v) is 4.26. The first-order valence-corrected chi connectivity index (χ1v) is 5.90. The van der Waals surface area contributed by atoms with Gasteiger partial charge >= 0.3 is 12.0 Å². The molecule has 20 heavy (non-hydrogen) atoms. The van der Waals surface area contributed by atoms with E-state index in [0.29, 0.717) is 5.76 Å². The van der Waals surface area contributed by atoms with E-state index in [2.05, 4.69) is 15.8 Å². The quantitative estimate of drug-likeness (QED) is 0.803. The summed E-state index contributed by atoms with van der Waals surface area (Å²) in [6.45, 7) is 0.165. The molecule has 0 unspecified atom stereocenters. The summed E-state index contributed by atoms with van der Waals surface area (Å²) in [6, 6.07) is 5.15. The molecule has 0 bridgehead atoms. The van der Waals surface area contributed by atoms with Gasteiger partial charge in [-0.15, -0.1) is 0 Å². The minimum atomic E-state index is -1.13. The van der Waals surface area contributed by atoms with Gasteiger partial charge in [0.15, 0.2) is 5.76 Å². The summed E-state index contributed by atoms with van der Waals surface area (Å²) in [5.41, 5.74) is 0.271. The third-order valence-corrected chi connectivity index (χ3v) is 2.54. The fourth-order valence-electron chi connectivity index (χ4n) is 1.46. The number of anilines is 1. The number of hydrogen-bond donors (Lipinski definition) is 3. The van der Waals surface area contributed by atoms with E-state index in [1.54, 1.807) is 6.07 Å². The van der Waals surface area contributed by atoms with Crippen LogP contribution in [0.1, 0.15) is 16.1 Å². The molecule has 7 nitrogen and oxygen atoms in total. The van der Waals surface area contributed by atoms with Crippen LogP contribution in [0.5, 0.6) is 0 Å². The Morgan fingerprint density at radius 1 is 1.35 bits per heavy atom. The van der Waals surface area contributed by atoms with E-state index in [-0.39, 0.29) is 22.8 Å². The van der Waals surface area contributed by atoms with Crippen LogP contribution >= 0.6 is 11.6 Å². The fraction of sp³-hybridized carbons (Fsp3) is 0.0833. The molecule has 0 radical (unpaired) electrons. The van der Waals surface area contributed by atoms with Crippen LogP contribution in [0.4, 0.5) is 10.5 Å². The first-order chi connectivity index (χ1) is 9.54. The van der Waals surface area contributed by atoms with Crippen molar-refractivity contribution in [3.63, 3.8) is 0 Å². The first-order valence-electron chi connectivity index (χ1n) is 5.53. The van der Waals surface area contributed by atoms with Crippen LogP contribution in [-0.4, -0.2) is 22.3 Å². The number of carbonyl (C=O) groups excluding carboxylic acids is 1. The lowest BCUT2D eigenvalue weighted by atomic mass is 10.2. The molecular formula is C12H10ClN3O4. The lowest BCUT2D eigenvalue weighted by Gasteiger charge is -2.07. The molecular weight excluding hydrogens is 286 g/mol. The van der Waals surface area contributed by atoms with Crippen LogP contribution in [0, 0.1) is 0 Å². The van der Waals surface area contributed by atoms with Crippen molar-refractivity contribution in [2.75, 3.05) is 5.32 Å². The summed E-state index contributed by atoms with van der Waals surface area (Å²) in [7, 11) is 0. The fourth-order valence-corrected chi connectivity index (χ4v) is 1.70. The van der Waals surface area contributed by atoms with Crippen LogP contribution in [0.3, 0.4) is 0 Å². The number of aromatic nitrogens is 1. The lowest BCUT2D eigenvalue weighted by molar-refractivity contribution is 0.0697. The molecule has 2 rings (SSSR count). The number of carboxylic acid groups (broad SMARTS) is 1. The summed E-state index contributed by atoms with van der Waals surface area (Å²) < 4.78 is 4.81. The van der Waals surface area contributed by atoms with Crippen LogP contribution in [0.2, 0.25) is 5.02 Å². The molecule has 1 aromatic heterocycles. The number of hydrogen-bond acceptors (Lipinski definition) is 4. The molecule has 2 amide bonds. The topological polar surface area (TPSA) is 104 Å². The van der Waals surface area contributed by atoms with E-state index < -0.39 is 12.0 Å². The zero-order chi connectivity index (χ0) is 14.5. The highest BCUT2D eigenvalue weighted by Gasteiger charge is 2.09. The Kier molecular flexibility index (Phi) is 4.21. The number of amides is 2. The van der Waals surface area contributed by atoms with Gasteiger partial charge in [-0.1, -0.05) is 16.8 Å². The average molecular weight is 296 g/mol. The van der Waals surface area contributed by atoms with Crippen molar-refractivity contribution in [1.82, 2.24) is 10.5 Å². The van der Waals surface area contributed by atoms with Gasteiger partial charge in [0, 0.05) is 16.8 Å². The Morgan fingerprint density at radius 2 is 2.15 bits per heavy atom. The van der Waals surface area contributed by atoms with Crippen LogP contribution in [0.25, 0.3) is 0 Å². The number of urea groups is 1. The van der Waals surface area contributed by atoms with Gasteiger partial charge in [-0.2, -0.15) is 0 Å². The van der Waals surface area contributed by atoms with Gasteiger partial charge in [0.25, 0.3) is 0 Å². The van der Waals surface area contributed by atoms with Gasteiger partial charge in [-0.3, -0.25) is 0 Å². The Labute approximate surface area is 118 Å². The maximum atomic E-state index is 11.6. The second-order valence-electron chi connectivity index (χ2n) is 3.82. The van der Waals surface area contributed by atoms with E-state index in [1.807, 2.05) is 0 Å². The smallest absolute Gasteiger partial charge is 0.335 e. The number of nitrogens with one attached hydrogen (secondary N) is 2. The van der Waals surface area contributed by atoms with E-state index in [4.69, 9.17) is 21.2 Å². The average Bonchev–Trinajstić information content (AvgIpc) is 2.88. The Morgan fingerprint density at radius 3 is 2.80 bits per heavy atom. The van der Waals surface area contributed by atoms with Gasteiger partial charge in [0.1, 0.15) is 0 Å². The van der Waals surface area contributed by atoms with Gasteiger partial charge in [0.2, 0.25) is 0 Å². The lowest BCUT2D eigenvalue weighted by Crippen LogP contribution is -2.28. The van der Waals surface area contributed by atoms with E-state index in [0.717, 1.165) is 0 Å². The Hall–Kier alpha value is -2.54. The predicted octanol–water partition coefficient (Wildman–Crippen LogP) is 2.35. The minimum absolute atomic E-state index is 0.0111. The molecule has 1 heterocycles. The zero-order valence-corrected chi connectivity index (χ0v) is 10.8. The molecule has 0 aliphatic rings. The maximum absolute atomic E-state index is 11.6. The molecule has 0 aliphatic carbocycles. The molecule has 1 aromatic carbocycles. The number of aromatic carboxylic acids is 1. The monoisotopic (exact) mass is 295 g/mol. The third kappa shape index (κ3) is 3.72. The second kappa shape index (κ2) is 6.07. The number of benzene rings is 1. The molecule has 8 heteroatoms. The van der Waals surface area contributed by atoms with Crippen LogP contribution in [-0.2, 0) is 6.54 Å². The van der Waals surface area contributed by atoms with Crippen LogP contribution in [0.15, 0.2) is 35.0 Å². The number of halogens is 1. The van der Waals surface area contributed by atoms with Crippen molar-refractivity contribution >= 4 is 29.3 Å². The molecule has 2 aromatic rings. The molecule has 0 aliphatic heterocycles. The zero-order valence-electron chi connectivity index (χ0n) is 10.1. The normalized spacial score (nSPS) is 10.1. The van der Waals surface area contributed by atoms with Crippen molar-refractivity contribution < 1.29 is 19.2 Å². The largest absolute Gasteiger partial charge is 0.478 e. The first kappa shape index (κ1) is 13.9.